The average molecular weight is 277 g/mol. The van der Waals surface area contributed by atoms with E-state index in [4.69, 9.17) is 9.47 Å². The molecule has 2 unspecified atom stereocenters. The van der Waals surface area contributed by atoms with Crippen molar-refractivity contribution in [2.75, 3.05) is 19.8 Å². The van der Waals surface area contributed by atoms with Gasteiger partial charge in [0.05, 0.1) is 12.7 Å². The molecule has 1 saturated heterocycles. The molecule has 1 aliphatic rings. The van der Waals surface area contributed by atoms with Gasteiger partial charge in [-0.05, 0) is 51.8 Å². The molecule has 1 aromatic carbocycles. The van der Waals surface area contributed by atoms with Crippen molar-refractivity contribution in [1.82, 2.24) is 5.32 Å². The number of rotatable bonds is 5. The maximum atomic E-state index is 5.94. The minimum Gasteiger partial charge on any atom is -0.494 e. The van der Waals surface area contributed by atoms with E-state index >= 15 is 0 Å². The fraction of sp³-hybridized carbons (Fsp3) is 0.647. The number of hydrogen-bond donors (Lipinski definition) is 1. The zero-order chi connectivity index (χ0) is 14.6. The van der Waals surface area contributed by atoms with E-state index in [9.17, 15) is 0 Å². The fourth-order valence-electron chi connectivity index (χ4n) is 2.57. The number of hydrogen-bond acceptors (Lipinski definition) is 3. The molecule has 0 spiro atoms. The molecule has 112 valence electrons. The van der Waals surface area contributed by atoms with Crippen LogP contribution in [0.2, 0.25) is 0 Å². The molecule has 1 aromatic rings. The second-order valence-corrected chi connectivity index (χ2v) is 6.47. The number of benzene rings is 1. The smallest absolute Gasteiger partial charge is 0.119 e. The maximum absolute atomic E-state index is 5.94. The molecule has 1 heterocycles. The van der Waals surface area contributed by atoms with Crippen LogP contribution >= 0.6 is 0 Å². The van der Waals surface area contributed by atoms with Gasteiger partial charge in [-0.25, -0.2) is 0 Å². The van der Waals surface area contributed by atoms with Crippen molar-refractivity contribution in [2.45, 2.75) is 45.8 Å². The van der Waals surface area contributed by atoms with Crippen molar-refractivity contribution in [3.05, 3.63) is 29.8 Å². The molecular formula is C17H27NO2. The Kier molecular flexibility index (Phi) is 5.06. The van der Waals surface area contributed by atoms with Gasteiger partial charge in [0.1, 0.15) is 5.75 Å². The summed E-state index contributed by atoms with van der Waals surface area (Å²) in [5, 5.41) is 3.59. The van der Waals surface area contributed by atoms with Crippen LogP contribution in [0.15, 0.2) is 24.3 Å². The van der Waals surface area contributed by atoms with Gasteiger partial charge < -0.3 is 14.8 Å². The first-order valence-corrected chi connectivity index (χ1v) is 7.59. The third kappa shape index (κ3) is 4.22. The van der Waals surface area contributed by atoms with Crippen molar-refractivity contribution in [3.8, 4) is 5.75 Å². The van der Waals surface area contributed by atoms with Crippen LogP contribution in [-0.2, 0) is 4.74 Å². The van der Waals surface area contributed by atoms with E-state index in [-0.39, 0.29) is 11.6 Å². The summed E-state index contributed by atoms with van der Waals surface area (Å²) in [6.07, 6.45) is 1.33. The van der Waals surface area contributed by atoms with Crippen molar-refractivity contribution in [3.63, 3.8) is 0 Å². The number of ether oxygens (including phenoxy) is 2. The first kappa shape index (κ1) is 15.3. The maximum Gasteiger partial charge on any atom is 0.119 e. The second-order valence-electron chi connectivity index (χ2n) is 6.47. The normalized spacial score (nSPS) is 23.0. The van der Waals surface area contributed by atoms with Gasteiger partial charge in [-0.1, -0.05) is 12.1 Å². The molecule has 1 N–H and O–H groups in total. The Balaban J connectivity index is 1.99. The Morgan fingerprint density at radius 2 is 1.95 bits per heavy atom. The van der Waals surface area contributed by atoms with Crippen LogP contribution < -0.4 is 10.1 Å². The van der Waals surface area contributed by atoms with E-state index in [1.807, 2.05) is 19.1 Å². The molecule has 0 radical (unpaired) electrons. The summed E-state index contributed by atoms with van der Waals surface area (Å²) in [6, 6.07) is 8.33. The fourth-order valence-corrected chi connectivity index (χ4v) is 2.57. The standard InChI is InChI=1S/C17H27NO2/c1-5-19-15-8-6-13(7-9-15)16-14(10-11-20-16)12-18-17(2,3)4/h6-9,14,16,18H,5,10-12H2,1-4H3. The van der Waals surface area contributed by atoms with E-state index in [2.05, 4.69) is 38.2 Å². The Bertz CT molecular complexity index is 408. The molecule has 0 aliphatic carbocycles. The third-order valence-electron chi connectivity index (χ3n) is 3.63. The largest absolute Gasteiger partial charge is 0.494 e. The van der Waals surface area contributed by atoms with E-state index < -0.39 is 0 Å². The summed E-state index contributed by atoms with van der Waals surface area (Å²) < 4.78 is 11.4. The summed E-state index contributed by atoms with van der Waals surface area (Å²) in [5.41, 5.74) is 1.41. The SMILES string of the molecule is CCOc1ccc(C2OCCC2CNC(C)(C)C)cc1. The van der Waals surface area contributed by atoms with E-state index in [0.717, 1.165) is 25.3 Å². The van der Waals surface area contributed by atoms with Crippen LogP contribution in [0.25, 0.3) is 0 Å². The molecule has 0 bridgehead atoms. The predicted molar refractivity (Wildman–Crippen MR) is 82.2 cm³/mol. The van der Waals surface area contributed by atoms with Crippen LogP contribution in [0.4, 0.5) is 0 Å². The van der Waals surface area contributed by atoms with Crippen LogP contribution in [0.5, 0.6) is 5.75 Å². The van der Waals surface area contributed by atoms with Crippen molar-refractivity contribution in [2.24, 2.45) is 5.92 Å². The van der Waals surface area contributed by atoms with Gasteiger partial charge in [-0.2, -0.15) is 0 Å². The Morgan fingerprint density at radius 1 is 1.25 bits per heavy atom. The molecule has 20 heavy (non-hydrogen) atoms. The zero-order valence-corrected chi connectivity index (χ0v) is 13.1. The highest BCUT2D eigenvalue weighted by molar-refractivity contribution is 5.29. The van der Waals surface area contributed by atoms with Crippen LogP contribution in [0.1, 0.15) is 45.8 Å². The molecule has 1 fully saturated rings. The summed E-state index contributed by atoms with van der Waals surface area (Å²) >= 11 is 0. The predicted octanol–water partition coefficient (Wildman–Crippen LogP) is 3.55. The lowest BCUT2D eigenvalue weighted by atomic mass is 9.94. The molecule has 0 aromatic heterocycles. The Hall–Kier alpha value is -1.06. The highest BCUT2D eigenvalue weighted by Gasteiger charge is 2.30. The lowest BCUT2D eigenvalue weighted by molar-refractivity contribution is 0.0889. The van der Waals surface area contributed by atoms with Gasteiger partial charge >= 0.3 is 0 Å². The van der Waals surface area contributed by atoms with Gasteiger partial charge in [-0.15, -0.1) is 0 Å². The van der Waals surface area contributed by atoms with Gasteiger partial charge in [0.15, 0.2) is 0 Å². The minimum absolute atomic E-state index is 0.159. The van der Waals surface area contributed by atoms with E-state index in [0.29, 0.717) is 12.5 Å². The van der Waals surface area contributed by atoms with Crippen LogP contribution in [0.3, 0.4) is 0 Å². The average Bonchev–Trinajstić information content (AvgIpc) is 2.85. The highest BCUT2D eigenvalue weighted by Crippen LogP contribution is 2.35. The molecule has 2 rings (SSSR count). The van der Waals surface area contributed by atoms with Gasteiger partial charge in [-0.3, -0.25) is 0 Å². The monoisotopic (exact) mass is 277 g/mol. The summed E-state index contributed by atoms with van der Waals surface area (Å²) in [7, 11) is 0. The van der Waals surface area contributed by atoms with Gasteiger partial charge in [0.2, 0.25) is 0 Å². The lowest BCUT2D eigenvalue weighted by Crippen LogP contribution is -2.39. The van der Waals surface area contributed by atoms with Gasteiger partial charge in [0.25, 0.3) is 0 Å². The van der Waals surface area contributed by atoms with Gasteiger partial charge in [0, 0.05) is 24.6 Å². The molecular weight excluding hydrogens is 250 g/mol. The Morgan fingerprint density at radius 3 is 2.55 bits per heavy atom. The van der Waals surface area contributed by atoms with Crippen molar-refractivity contribution < 1.29 is 9.47 Å². The molecule has 2 atom stereocenters. The van der Waals surface area contributed by atoms with Crippen molar-refractivity contribution >= 4 is 0 Å². The number of nitrogens with one attached hydrogen (secondary N) is 1. The quantitative estimate of drug-likeness (QED) is 0.893. The van der Waals surface area contributed by atoms with Crippen molar-refractivity contribution in [1.29, 1.82) is 0 Å². The second kappa shape index (κ2) is 6.59. The zero-order valence-electron chi connectivity index (χ0n) is 13.1. The molecule has 3 heteroatoms. The van der Waals surface area contributed by atoms with E-state index in [1.165, 1.54) is 5.56 Å². The molecule has 1 aliphatic heterocycles. The Labute approximate surface area is 122 Å². The molecule has 0 saturated carbocycles. The minimum atomic E-state index is 0.159. The van der Waals surface area contributed by atoms with Crippen LogP contribution in [-0.4, -0.2) is 25.3 Å². The topological polar surface area (TPSA) is 30.5 Å². The summed E-state index contributed by atoms with van der Waals surface area (Å²) in [4.78, 5) is 0. The van der Waals surface area contributed by atoms with Crippen LogP contribution in [0, 0.1) is 5.92 Å². The van der Waals surface area contributed by atoms with E-state index in [1.54, 1.807) is 0 Å². The summed E-state index contributed by atoms with van der Waals surface area (Å²) in [5.74, 6) is 1.48. The summed E-state index contributed by atoms with van der Waals surface area (Å²) in [6.45, 7) is 11.2. The lowest BCUT2D eigenvalue weighted by Gasteiger charge is -2.26. The first-order chi connectivity index (χ1) is 9.49. The third-order valence-corrected chi connectivity index (χ3v) is 3.63. The first-order valence-electron chi connectivity index (χ1n) is 7.59. The molecule has 0 amide bonds. The molecule has 3 nitrogen and oxygen atoms in total. The highest BCUT2D eigenvalue weighted by atomic mass is 16.5.